The fraction of sp³-hybridized carbons (Fsp3) is 0.500. The van der Waals surface area contributed by atoms with Crippen molar-refractivity contribution in [1.82, 2.24) is 9.88 Å². The van der Waals surface area contributed by atoms with E-state index in [1.807, 2.05) is 6.07 Å². The summed E-state index contributed by atoms with van der Waals surface area (Å²) in [6.45, 7) is 3.16. The van der Waals surface area contributed by atoms with Crippen LogP contribution in [0.15, 0.2) is 18.5 Å². The lowest BCUT2D eigenvalue weighted by molar-refractivity contribution is 0.324. The zero-order valence-electron chi connectivity index (χ0n) is 7.61. The first-order chi connectivity index (χ1) is 6.36. The second-order valence-corrected chi connectivity index (χ2v) is 3.49. The minimum Gasteiger partial charge on any atom is -0.506 e. The number of hydrogen-bond donors (Lipinski definition) is 1. The van der Waals surface area contributed by atoms with Crippen molar-refractivity contribution in [2.24, 2.45) is 0 Å². The van der Waals surface area contributed by atoms with Gasteiger partial charge in [-0.2, -0.15) is 0 Å². The highest BCUT2D eigenvalue weighted by atomic mass is 16.3. The molecule has 13 heavy (non-hydrogen) atoms. The predicted molar refractivity (Wildman–Crippen MR) is 50.4 cm³/mol. The van der Waals surface area contributed by atoms with Gasteiger partial charge < -0.3 is 5.11 Å². The second kappa shape index (κ2) is 3.75. The highest BCUT2D eigenvalue weighted by molar-refractivity contribution is 5.27. The van der Waals surface area contributed by atoms with Crippen LogP contribution in [-0.4, -0.2) is 28.1 Å². The van der Waals surface area contributed by atoms with Crippen LogP contribution in [0.3, 0.4) is 0 Å². The maximum atomic E-state index is 9.48. The minimum absolute atomic E-state index is 0.314. The fourth-order valence-corrected chi connectivity index (χ4v) is 1.73. The van der Waals surface area contributed by atoms with Crippen molar-refractivity contribution in [1.29, 1.82) is 0 Å². The summed E-state index contributed by atoms with van der Waals surface area (Å²) in [6, 6.07) is 1.88. The van der Waals surface area contributed by atoms with Crippen molar-refractivity contribution >= 4 is 0 Å². The van der Waals surface area contributed by atoms with Crippen LogP contribution in [0.2, 0.25) is 0 Å². The molecule has 2 heterocycles. The van der Waals surface area contributed by atoms with Crippen molar-refractivity contribution in [3.8, 4) is 5.75 Å². The Labute approximate surface area is 78.0 Å². The lowest BCUT2D eigenvalue weighted by Gasteiger charge is -2.14. The Bertz CT molecular complexity index is 282. The van der Waals surface area contributed by atoms with Crippen molar-refractivity contribution in [2.75, 3.05) is 13.1 Å². The molecule has 0 aliphatic carbocycles. The van der Waals surface area contributed by atoms with E-state index in [9.17, 15) is 5.11 Å². The van der Waals surface area contributed by atoms with E-state index in [0.717, 1.165) is 25.2 Å². The first-order valence-corrected chi connectivity index (χ1v) is 4.70. The molecule has 1 aromatic rings. The van der Waals surface area contributed by atoms with E-state index >= 15 is 0 Å². The van der Waals surface area contributed by atoms with Crippen LogP contribution in [0.1, 0.15) is 18.4 Å². The summed E-state index contributed by atoms with van der Waals surface area (Å²) in [6.07, 6.45) is 5.80. The van der Waals surface area contributed by atoms with Crippen molar-refractivity contribution in [2.45, 2.75) is 19.4 Å². The summed E-state index contributed by atoms with van der Waals surface area (Å²) < 4.78 is 0. The van der Waals surface area contributed by atoms with E-state index in [0.29, 0.717) is 5.75 Å². The van der Waals surface area contributed by atoms with Gasteiger partial charge in [-0.25, -0.2) is 0 Å². The van der Waals surface area contributed by atoms with Crippen LogP contribution in [-0.2, 0) is 6.54 Å². The van der Waals surface area contributed by atoms with Gasteiger partial charge in [0.1, 0.15) is 5.75 Å². The maximum Gasteiger partial charge on any atom is 0.138 e. The van der Waals surface area contributed by atoms with Gasteiger partial charge in [0.15, 0.2) is 0 Å². The third-order valence-corrected chi connectivity index (χ3v) is 2.48. The highest BCUT2D eigenvalue weighted by Gasteiger charge is 2.12. The van der Waals surface area contributed by atoms with E-state index in [-0.39, 0.29) is 0 Å². The van der Waals surface area contributed by atoms with Crippen LogP contribution in [0.4, 0.5) is 0 Å². The van der Waals surface area contributed by atoms with Crippen molar-refractivity contribution in [3.05, 3.63) is 24.0 Å². The summed E-state index contributed by atoms with van der Waals surface area (Å²) >= 11 is 0. The molecule has 0 unspecified atom stereocenters. The fourth-order valence-electron chi connectivity index (χ4n) is 1.73. The number of pyridine rings is 1. The van der Waals surface area contributed by atoms with Gasteiger partial charge in [0, 0.05) is 18.3 Å². The number of hydrogen-bond acceptors (Lipinski definition) is 3. The molecule has 3 nitrogen and oxygen atoms in total. The Morgan fingerprint density at radius 3 is 2.85 bits per heavy atom. The molecule has 0 saturated carbocycles. The lowest BCUT2D eigenvalue weighted by Crippen LogP contribution is -2.18. The van der Waals surface area contributed by atoms with Crippen LogP contribution in [0.25, 0.3) is 0 Å². The van der Waals surface area contributed by atoms with Crippen molar-refractivity contribution < 1.29 is 5.11 Å². The van der Waals surface area contributed by atoms with Gasteiger partial charge in [0.05, 0.1) is 6.20 Å². The van der Waals surface area contributed by atoms with Gasteiger partial charge >= 0.3 is 0 Å². The molecular formula is C10H14N2O. The van der Waals surface area contributed by atoms with Gasteiger partial charge in [0.25, 0.3) is 0 Å². The molecular weight excluding hydrogens is 164 g/mol. The average Bonchev–Trinajstić information content (AvgIpc) is 2.61. The van der Waals surface area contributed by atoms with E-state index in [1.54, 1.807) is 6.20 Å². The molecule has 0 spiro atoms. The number of rotatable bonds is 2. The number of aromatic hydroxyl groups is 1. The normalized spacial score (nSPS) is 17.8. The Hall–Kier alpha value is -1.09. The van der Waals surface area contributed by atoms with Crippen LogP contribution in [0.5, 0.6) is 5.75 Å². The molecule has 1 aromatic heterocycles. The highest BCUT2D eigenvalue weighted by Crippen LogP contribution is 2.18. The topological polar surface area (TPSA) is 36.4 Å². The number of likely N-dealkylation sites (tertiary alicyclic amines) is 1. The largest absolute Gasteiger partial charge is 0.506 e. The second-order valence-electron chi connectivity index (χ2n) is 3.49. The van der Waals surface area contributed by atoms with Gasteiger partial charge in [-0.15, -0.1) is 0 Å². The third kappa shape index (κ3) is 1.98. The summed E-state index contributed by atoms with van der Waals surface area (Å²) in [4.78, 5) is 6.21. The molecule has 0 bridgehead atoms. The SMILES string of the molecule is Oc1cnccc1CN1CCCC1. The molecule has 0 atom stereocenters. The van der Waals surface area contributed by atoms with Crippen LogP contribution < -0.4 is 0 Å². The molecule has 1 fully saturated rings. The monoisotopic (exact) mass is 178 g/mol. The van der Waals surface area contributed by atoms with Gasteiger partial charge in [-0.3, -0.25) is 9.88 Å². The third-order valence-electron chi connectivity index (χ3n) is 2.48. The first-order valence-electron chi connectivity index (χ1n) is 4.70. The molecule has 0 radical (unpaired) electrons. The zero-order chi connectivity index (χ0) is 9.10. The minimum atomic E-state index is 0.314. The average molecular weight is 178 g/mol. The lowest BCUT2D eigenvalue weighted by atomic mass is 10.2. The van der Waals surface area contributed by atoms with Crippen LogP contribution >= 0.6 is 0 Å². The molecule has 0 amide bonds. The Balaban J connectivity index is 2.04. The van der Waals surface area contributed by atoms with Gasteiger partial charge in [-0.1, -0.05) is 0 Å². The van der Waals surface area contributed by atoms with E-state index in [1.165, 1.54) is 19.0 Å². The molecule has 1 saturated heterocycles. The standard InChI is InChI=1S/C10H14N2O/c13-10-7-11-4-3-9(10)8-12-5-1-2-6-12/h3-4,7,13H,1-2,5-6,8H2. The van der Waals surface area contributed by atoms with Crippen LogP contribution in [0, 0.1) is 0 Å². The zero-order valence-corrected chi connectivity index (χ0v) is 7.61. The van der Waals surface area contributed by atoms with Gasteiger partial charge in [0.2, 0.25) is 0 Å². The smallest absolute Gasteiger partial charge is 0.138 e. The molecule has 3 heteroatoms. The Kier molecular flexibility index (Phi) is 2.45. The summed E-state index contributed by atoms with van der Waals surface area (Å²) in [5.74, 6) is 0.314. The molecule has 1 N–H and O–H groups in total. The van der Waals surface area contributed by atoms with E-state index in [4.69, 9.17) is 0 Å². The summed E-state index contributed by atoms with van der Waals surface area (Å²) in [7, 11) is 0. The van der Waals surface area contributed by atoms with E-state index in [2.05, 4.69) is 9.88 Å². The Morgan fingerprint density at radius 2 is 2.15 bits per heavy atom. The van der Waals surface area contributed by atoms with Crippen molar-refractivity contribution in [3.63, 3.8) is 0 Å². The quantitative estimate of drug-likeness (QED) is 0.743. The number of nitrogens with zero attached hydrogens (tertiary/aromatic N) is 2. The Morgan fingerprint density at radius 1 is 1.38 bits per heavy atom. The predicted octanol–water partition coefficient (Wildman–Crippen LogP) is 1.38. The number of aromatic nitrogens is 1. The summed E-state index contributed by atoms with van der Waals surface area (Å²) in [5.41, 5.74) is 0.983. The van der Waals surface area contributed by atoms with E-state index < -0.39 is 0 Å². The molecule has 0 aromatic carbocycles. The maximum absolute atomic E-state index is 9.48. The first kappa shape index (κ1) is 8.51. The molecule has 70 valence electrons. The summed E-state index contributed by atoms with van der Waals surface area (Å²) in [5, 5.41) is 9.48. The molecule has 1 aliphatic rings. The molecule has 1 aliphatic heterocycles. The molecule has 2 rings (SSSR count). The van der Waals surface area contributed by atoms with Gasteiger partial charge in [-0.05, 0) is 32.0 Å².